The highest BCUT2D eigenvalue weighted by Gasteiger charge is 2.82. The lowest BCUT2D eigenvalue weighted by atomic mass is 10.00. The van der Waals surface area contributed by atoms with Gasteiger partial charge in [-0.25, -0.2) is 0 Å². The minimum Gasteiger partial charge on any atom is -0.366 e. The van der Waals surface area contributed by atoms with Crippen LogP contribution in [0.1, 0.15) is 26.7 Å². The Labute approximate surface area is 109 Å². The summed E-state index contributed by atoms with van der Waals surface area (Å²) in [6.45, 7) is 2.52. The second-order valence-corrected chi connectivity index (χ2v) is 4.00. The second kappa shape index (κ2) is 5.98. The van der Waals surface area contributed by atoms with Crippen molar-refractivity contribution in [1.29, 1.82) is 0 Å². The van der Waals surface area contributed by atoms with E-state index in [1.807, 2.05) is 0 Å². The largest absolute Gasteiger partial charge is 0.460 e. The zero-order valence-electron chi connectivity index (χ0n) is 10.4. The highest BCUT2D eigenvalue weighted by molar-refractivity contribution is 5.02. The van der Waals surface area contributed by atoms with Crippen LogP contribution in [0.2, 0.25) is 0 Å². The molecule has 121 valence electrons. The number of ether oxygens (including phenoxy) is 1. The molecule has 20 heavy (non-hydrogen) atoms. The number of alkyl halides is 9. The molecule has 0 aliphatic carbocycles. The predicted octanol–water partition coefficient (Wildman–Crippen LogP) is 4.82. The quantitative estimate of drug-likeness (QED) is 0.483. The molecule has 0 N–H and O–H groups in total. The third-order valence-corrected chi connectivity index (χ3v) is 2.39. The topological polar surface area (TPSA) is 9.23 Å². The van der Waals surface area contributed by atoms with E-state index in [4.69, 9.17) is 0 Å². The maximum absolute atomic E-state index is 13.2. The Hall–Kier alpha value is -0.670. The van der Waals surface area contributed by atoms with Crippen LogP contribution in [0, 0.1) is 6.61 Å². The number of hydrogen-bond acceptors (Lipinski definition) is 1. The Morgan fingerprint density at radius 1 is 0.900 bits per heavy atom. The summed E-state index contributed by atoms with van der Waals surface area (Å²) in [6.07, 6.45) is -9.24. The van der Waals surface area contributed by atoms with Gasteiger partial charge in [0.1, 0.15) is 6.10 Å². The van der Waals surface area contributed by atoms with E-state index in [0.29, 0.717) is 13.0 Å². The van der Waals surface area contributed by atoms with Crippen LogP contribution in [0.4, 0.5) is 39.5 Å². The van der Waals surface area contributed by atoms with Crippen molar-refractivity contribution in [2.75, 3.05) is 0 Å². The molecule has 1 unspecified atom stereocenters. The van der Waals surface area contributed by atoms with E-state index < -0.39 is 30.0 Å². The van der Waals surface area contributed by atoms with Gasteiger partial charge in [-0.2, -0.15) is 39.5 Å². The van der Waals surface area contributed by atoms with Crippen molar-refractivity contribution < 1.29 is 44.3 Å². The van der Waals surface area contributed by atoms with Gasteiger partial charge in [0.15, 0.2) is 0 Å². The molecule has 0 spiro atoms. The van der Waals surface area contributed by atoms with Crippen LogP contribution in [0.3, 0.4) is 0 Å². The van der Waals surface area contributed by atoms with E-state index in [1.54, 1.807) is 6.92 Å². The summed E-state index contributed by atoms with van der Waals surface area (Å²) in [6, 6.07) is 0. The third-order valence-electron chi connectivity index (χ3n) is 2.39. The van der Waals surface area contributed by atoms with Crippen LogP contribution < -0.4 is 0 Å². The van der Waals surface area contributed by atoms with Gasteiger partial charge in [0.25, 0.3) is 0 Å². The molecule has 0 bridgehead atoms. The maximum atomic E-state index is 13.2. The normalized spacial score (nSPS) is 16.4. The van der Waals surface area contributed by atoms with E-state index in [0.717, 1.165) is 0 Å². The summed E-state index contributed by atoms with van der Waals surface area (Å²) in [4.78, 5) is 0. The molecule has 0 saturated heterocycles. The van der Waals surface area contributed by atoms with Crippen molar-refractivity contribution in [1.82, 2.24) is 0 Å². The van der Waals surface area contributed by atoms with Crippen LogP contribution >= 0.6 is 0 Å². The van der Waals surface area contributed by atoms with Crippen molar-refractivity contribution in [3.63, 3.8) is 0 Å². The first-order chi connectivity index (χ1) is 8.73. The fourth-order valence-corrected chi connectivity index (χ4v) is 1.06. The van der Waals surface area contributed by atoms with Crippen LogP contribution in [0.25, 0.3) is 0 Å². The number of unbranched alkanes of at least 4 members (excludes halogenated alkanes) is 1. The van der Waals surface area contributed by atoms with Crippen LogP contribution in [0.15, 0.2) is 0 Å². The molecule has 10 heteroatoms. The summed E-state index contributed by atoms with van der Waals surface area (Å²) in [7, 11) is 0. The van der Waals surface area contributed by atoms with Gasteiger partial charge in [-0.15, -0.1) is 0 Å². The summed E-state index contributed by atoms with van der Waals surface area (Å²) in [5.74, 6) is -19.2. The summed E-state index contributed by atoms with van der Waals surface area (Å²) < 4.78 is 117. The van der Waals surface area contributed by atoms with Crippen molar-refractivity contribution in [2.24, 2.45) is 0 Å². The number of hydrogen-bond donors (Lipinski definition) is 0. The molecule has 0 aliphatic rings. The average molecular weight is 319 g/mol. The monoisotopic (exact) mass is 319 g/mol. The molecule has 0 rings (SSSR count). The summed E-state index contributed by atoms with van der Waals surface area (Å²) in [5.41, 5.74) is 0. The molecule has 1 atom stereocenters. The summed E-state index contributed by atoms with van der Waals surface area (Å²) >= 11 is 0. The van der Waals surface area contributed by atoms with E-state index in [9.17, 15) is 39.5 Å². The zero-order valence-corrected chi connectivity index (χ0v) is 10.4. The van der Waals surface area contributed by atoms with Gasteiger partial charge in [0, 0.05) is 0 Å². The molecule has 1 radical (unpaired) electrons. The van der Waals surface area contributed by atoms with Gasteiger partial charge >= 0.3 is 23.9 Å². The van der Waals surface area contributed by atoms with Crippen LogP contribution in [-0.2, 0) is 4.74 Å². The maximum Gasteiger partial charge on any atom is 0.460 e. The fraction of sp³-hybridized carbons (Fsp3) is 0.900. The molecule has 0 aromatic rings. The lowest BCUT2D eigenvalue weighted by molar-refractivity contribution is -0.405. The summed E-state index contributed by atoms with van der Waals surface area (Å²) in [5, 5.41) is 0. The molecule has 0 amide bonds. The SMILES string of the molecule is CCC[CH]OC(C)C(F)(F)C(F)(F)C(F)(F)C(F)(F)F. The minimum absolute atomic E-state index is 0.0433. The molecule has 0 aliphatic heterocycles. The molecule has 0 aromatic carbocycles. The second-order valence-electron chi connectivity index (χ2n) is 4.00. The molecule has 1 nitrogen and oxygen atoms in total. The molecular formula is C10H12F9O. The van der Waals surface area contributed by atoms with Gasteiger partial charge in [-0.05, 0) is 13.3 Å². The first-order valence-electron chi connectivity index (χ1n) is 5.40. The molecule has 0 saturated carbocycles. The van der Waals surface area contributed by atoms with Gasteiger partial charge in [-0.3, -0.25) is 0 Å². The van der Waals surface area contributed by atoms with Crippen molar-refractivity contribution in [2.45, 2.75) is 56.7 Å². The lowest BCUT2D eigenvalue weighted by Crippen LogP contribution is -2.64. The molecule has 0 heterocycles. The van der Waals surface area contributed by atoms with Crippen LogP contribution in [0.5, 0.6) is 0 Å². The Morgan fingerprint density at radius 3 is 1.70 bits per heavy atom. The van der Waals surface area contributed by atoms with Gasteiger partial charge < -0.3 is 4.74 Å². The van der Waals surface area contributed by atoms with Gasteiger partial charge in [-0.1, -0.05) is 13.3 Å². The molecular weight excluding hydrogens is 307 g/mol. The predicted molar refractivity (Wildman–Crippen MR) is 50.7 cm³/mol. The third kappa shape index (κ3) is 3.32. The highest BCUT2D eigenvalue weighted by Crippen LogP contribution is 2.54. The fourth-order valence-electron chi connectivity index (χ4n) is 1.06. The Kier molecular flexibility index (Phi) is 5.78. The van der Waals surface area contributed by atoms with E-state index in [2.05, 4.69) is 4.74 Å². The minimum atomic E-state index is -6.88. The Bertz CT molecular complexity index is 310. The number of halogens is 9. The lowest BCUT2D eigenvalue weighted by Gasteiger charge is -2.36. The average Bonchev–Trinajstić information content (AvgIpc) is 2.27. The Morgan fingerprint density at radius 2 is 1.35 bits per heavy atom. The molecule has 0 fully saturated rings. The first kappa shape index (κ1) is 19.3. The van der Waals surface area contributed by atoms with E-state index in [1.165, 1.54) is 0 Å². The van der Waals surface area contributed by atoms with E-state index >= 15 is 0 Å². The van der Waals surface area contributed by atoms with Gasteiger partial charge in [0.05, 0.1) is 6.61 Å². The van der Waals surface area contributed by atoms with Crippen molar-refractivity contribution >= 4 is 0 Å². The van der Waals surface area contributed by atoms with Gasteiger partial charge in [0.2, 0.25) is 0 Å². The van der Waals surface area contributed by atoms with Crippen molar-refractivity contribution in [3.05, 3.63) is 6.61 Å². The Balaban J connectivity index is 5.25. The zero-order chi connectivity index (χ0) is 16.4. The van der Waals surface area contributed by atoms with Crippen molar-refractivity contribution in [3.8, 4) is 0 Å². The van der Waals surface area contributed by atoms with Crippen LogP contribution in [-0.4, -0.2) is 30.0 Å². The van der Waals surface area contributed by atoms with E-state index in [-0.39, 0.29) is 13.3 Å². The first-order valence-corrected chi connectivity index (χ1v) is 5.40. The highest BCUT2D eigenvalue weighted by atomic mass is 19.4. The standard InChI is InChI=1S/C10H12F9O/c1-3-4-5-20-6(2)7(11,12)8(13,14)9(15,16)10(17,18)19/h5-6H,3-4H2,1-2H3. The smallest absolute Gasteiger partial charge is 0.366 e. The number of rotatable bonds is 7. The molecule has 0 aromatic heterocycles.